The van der Waals surface area contributed by atoms with E-state index in [1.165, 1.54) is 6.33 Å². The molecule has 6 nitrogen and oxygen atoms in total. The summed E-state index contributed by atoms with van der Waals surface area (Å²) in [5.74, 6) is 0.455. The molecule has 98 valence electrons. The van der Waals surface area contributed by atoms with Crippen LogP contribution in [-0.4, -0.2) is 24.7 Å². The van der Waals surface area contributed by atoms with Gasteiger partial charge in [0.15, 0.2) is 5.65 Å². The van der Waals surface area contributed by atoms with Gasteiger partial charge in [0, 0.05) is 18.0 Å². The van der Waals surface area contributed by atoms with Gasteiger partial charge in [-0.3, -0.25) is 0 Å². The monoisotopic (exact) mass is 256 g/mol. The van der Waals surface area contributed by atoms with Crippen LogP contribution in [-0.2, 0) is 5.54 Å². The molecule has 3 aromatic rings. The first-order valence-electron chi connectivity index (χ1n) is 6.11. The first-order chi connectivity index (χ1) is 8.98. The van der Waals surface area contributed by atoms with Gasteiger partial charge in [0.1, 0.15) is 17.8 Å². The Bertz CT molecular complexity index is 718. The summed E-state index contributed by atoms with van der Waals surface area (Å²) in [4.78, 5) is 11.4. The van der Waals surface area contributed by atoms with Crippen molar-refractivity contribution in [3.05, 3.63) is 24.8 Å². The zero-order valence-corrected chi connectivity index (χ0v) is 11.2. The number of rotatable bonds is 1. The zero-order chi connectivity index (χ0) is 13.6. The Balaban J connectivity index is 2.41. The highest BCUT2D eigenvalue weighted by Crippen LogP contribution is 2.32. The first kappa shape index (κ1) is 11.7. The van der Waals surface area contributed by atoms with E-state index in [2.05, 4.69) is 40.8 Å². The van der Waals surface area contributed by atoms with E-state index in [0.29, 0.717) is 5.82 Å². The summed E-state index contributed by atoms with van der Waals surface area (Å²) in [6.45, 7) is 6.25. The van der Waals surface area contributed by atoms with Crippen molar-refractivity contribution in [1.82, 2.24) is 24.7 Å². The van der Waals surface area contributed by atoms with Gasteiger partial charge in [-0.05, 0) is 26.8 Å². The third kappa shape index (κ3) is 1.76. The number of hydrogen-bond acceptors (Lipinski definition) is 4. The summed E-state index contributed by atoms with van der Waals surface area (Å²) in [6.07, 6.45) is 5.22. The van der Waals surface area contributed by atoms with Crippen LogP contribution in [0.5, 0.6) is 0 Å². The van der Waals surface area contributed by atoms with Crippen molar-refractivity contribution in [2.24, 2.45) is 0 Å². The summed E-state index contributed by atoms with van der Waals surface area (Å²) in [6, 6.07) is 1.96. The van der Waals surface area contributed by atoms with Gasteiger partial charge in [-0.25, -0.2) is 14.6 Å². The minimum atomic E-state index is -0.173. The highest BCUT2D eigenvalue weighted by Gasteiger charge is 2.23. The molecule has 0 unspecified atom stereocenters. The van der Waals surface area contributed by atoms with Crippen LogP contribution in [0.25, 0.3) is 22.3 Å². The van der Waals surface area contributed by atoms with Crippen LogP contribution in [0.1, 0.15) is 20.8 Å². The van der Waals surface area contributed by atoms with Crippen molar-refractivity contribution in [3.8, 4) is 11.3 Å². The Hall–Kier alpha value is -2.37. The second-order valence-corrected chi connectivity index (χ2v) is 5.49. The van der Waals surface area contributed by atoms with E-state index in [4.69, 9.17) is 5.73 Å². The summed E-state index contributed by atoms with van der Waals surface area (Å²) >= 11 is 0. The van der Waals surface area contributed by atoms with Gasteiger partial charge in [0.2, 0.25) is 0 Å². The zero-order valence-electron chi connectivity index (χ0n) is 11.2. The topological polar surface area (TPSA) is 85.4 Å². The quantitative estimate of drug-likeness (QED) is 0.698. The van der Waals surface area contributed by atoms with Crippen molar-refractivity contribution in [1.29, 1.82) is 0 Å². The highest BCUT2D eigenvalue weighted by molar-refractivity contribution is 5.98. The molecule has 0 bridgehead atoms. The molecular formula is C13H16N6. The maximum Gasteiger partial charge on any atom is 0.164 e. The number of H-pyrrole nitrogens is 1. The summed E-state index contributed by atoms with van der Waals surface area (Å²) < 4.78 is 1.89. The molecule has 0 aliphatic heterocycles. The van der Waals surface area contributed by atoms with Crippen LogP contribution < -0.4 is 5.73 Å². The van der Waals surface area contributed by atoms with Crippen molar-refractivity contribution in [3.63, 3.8) is 0 Å². The number of nitrogens with zero attached hydrogens (tertiary/aromatic N) is 4. The van der Waals surface area contributed by atoms with Crippen LogP contribution in [0, 0.1) is 0 Å². The lowest BCUT2D eigenvalue weighted by Gasteiger charge is -2.19. The van der Waals surface area contributed by atoms with Crippen LogP contribution >= 0.6 is 0 Å². The Kier molecular flexibility index (Phi) is 2.35. The minimum absolute atomic E-state index is 0.173. The third-order valence-corrected chi connectivity index (χ3v) is 3.00. The van der Waals surface area contributed by atoms with Gasteiger partial charge in [-0.15, -0.1) is 0 Å². The molecule has 3 aromatic heterocycles. The molecule has 0 saturated heterocycles. The number of fused-ring (bicyclic) bond motifs is 1. The number of anilines is 1. The lowest BCUT2D eigenvalue weighted by molar-refractivity contribution is 0.367. The van der Waals surface area contributed by atoms with Gasteiger partial charge in [-0.1, -0.05) is 0 Å². The largest absolute Gasteiger partial charge is 0.383 e. The van der Waals surface area contributed by atoms with Gasteiger partial charge in [-0.2, -0.15) is 5.10 Å². The molecule has 0 fully saturated rings. The van der Waals surface area contributed by atoms with E-state index in [1.54, 1.807) is 0 Å². The van der Waals surface area contributed by atoms with E-state index >= 15 is 0 Å². The molecule has 0 atom stereocenters. The SMILES string of the molecule is CC(C)(C)n1nc(-c2cc[nH]c2)c2c(N)ncnc21. The normalized spacial score (nSPS) is 12.2. The highest BCUT2D eigenvalue weighted by atomic mass is 15.3. The Labute approximate surface area is 110 Å². The van der Waals surface area contributed by atoms with Crippen molar-refractivity contribution in [2.45, 2.75) is 26.3 Å². The number of nitrogen functional groups attached to an aromatic ring is 1. The van der Waals surface area contributed by atoms with E-state index in [0.717, 1.165) is 22.3 Å². The summed E-state index contributed by atoms with van der Waals surface area (Å²) in [5, 5.41) is 5.48. The average Bonchev–Trinajstić information content (AvgIpc) is 2.94. The third-order valence-electron chi connectivity index (χ3n) is 3.00. The molecule has 0 aromatic carbocycles. The molecule has 3 N–H and O–H groups in total. The second-order valence-electron chi connectivity index (χ2n) is 5.49. The van der Waals surface area contributed by atoms with Crippen LogP contribution in [0.4, 0.5) is 5.82 Å². The average molecular weight is 256 g/mol. The number of aromatic nitrogens is 5. The smallest absolute Gasteiger partial charge is 0.164 e. The van der Waals surface area contributed by atoms with Crippen LogP contribution in [0.3, 0.4) is 0 Å². The molecule has 6 heteroatoms. The van der Waals surface area contributed by atoms with Crippen molar-refractivity contribution >= 4 is 16.9 Å². The van der Waals surface area contributed by atoms with Gasteiger partial charge in [0.25, 0.3) is 0 Å². The lowest BCUT2D eigenvalue weighted by Crippen LogP contribution is -2.23. The van der Waals surface area contributed by atoms with Crippen LogP contribution in [0.2, 0.25) is 0 Å². The maximum absolute atomic E-state index is 6.01. The molecule has 0 aliphatic rings. The molecule has 0 saturated carbocycles. The molecule has 0 amide bonds. The van der Waals surface area contributed by atoms with E-state index in [-0.39, 0.29) is 5.54 Å². The number of aromatic amines is 1. The Morgan fingerprint density at radius 2 is 2.05 bits per heavy atom. The van der Waals surface area contributed by atoms with Gasteiger partial charge < -0.3 is 10.7 Å². The fraction of sp³-hybridized carbons (Fsp3) is 0.308. The predicted octanol–water partition coefficient (Wildman–Crippen LogP) is 2.16. The van der Waals surface area contributed by atoms with Gasteiger partial charge >= 0.3 is 0 Å². The molecule has 19 heavy (non-hydrogen) atoms. The van der Waals surface area contributed by atoms with E-state index < -0.39 is 0 Å². The second kappa shape index (κ2) is 3.81. The molecule has 3 rings (SSSR count). The minimum Gasteiger partial charge on any atom is -0.383 e. The van der Waals surface area contributed by atoms with Crippen molar-refractivity contribution in [2.75, 3.05) is 5.73 Å². The van der Waals surface area contributed by atoms with E-state index in [1.807, 2.05) is 23.1 Å². The number of hydrogen-bond donors (Lipinski definition) is 2. The molecular weight excluding hydrogens is 240 g/mol. The van der Waals surface area contributed by atoms with Crippen LogP contribution in [0.15, 0.2) is 24.8 Å². The standard InChI is InChI=1S/C13H16N6/c1-13(2,3)19-12-9(11(14)16-7-17-12)10(18-19)8-4-5-15-6-8/h4-7,15H,1-3H3,(H2,14,16,17). The molecule has 0 aliphatic carbocycles. The summed E-state index contributed by atoms with van der Waals surface area (Å²) in [5.41, 5.74) is 8.38. The Morgan fingerprint density at radius 1 is 1.26 bits per heavy atom. The Morgan fingerprint density at radius 3 is 2.68 bits per heavy atom. The molecule has 0 spiro atoms. The maximum atomic E-state index is 6.01. The molecule has 0 radical (unpaired) electrons. The van der Waals surface area contributed by atoms with E-state index in [9.17, 15) is 0 Å². The first-order valence-corrected chi connectivity index (χ1v) is 6.11. The fourth-order valence-corrected chi connectivity index (χ4v) is 2.12. The van der Waals surface area contributed by atoms with Gasteiger partial charge in [0.05, 0.1) is 10.9 Å². The summed E-state index contributed by atoms with van der Waals surface area (Å²) in [7, 11) is 0. The fourth-order valence-electron chi connectivity index (χ4n) is 2.12. The number of nitrogens with two attached hydrogens (primary N) is 1. The lowest BCUT2D eigenvalue weighted by atomic mass is 10.1. The number of nitrogens with one attached hydrogen (secondary N) is 1. The predicted molar refractivity (Wildman–Crippen MR) is 74.5 cm³/mol. The van der Waals surface area contributed by atoms with Crippen molar-refractivity contribution < 1.29 is 0 Å². The molecule has 3 heterocycles.